The van der Waals surface area contributed by atoms with Crippen molar-refractivity contribution in [1.82, 2.24) is 38.6 Å². The zero-order valence-corrected chi connectivity index (χ0v) is 17.0. The van der Waals surface area contributed by atoms with Gasteiger partial charge < -0.3 is 30.4 Å². The molecule has 1 aliphatic heterocycles. The van der Waals surface area contributed by atoms with Gasteiger partial charge in [0, 0.05) is 14.1 Å². The highest BCUT2D eigenvalue weighted by molar-refractivity contribution is 5.81. The lowest BCUT2D eigenvalue weighted by Crippen LogP contribution is -2.33. The zero-order chi connectivity index (χ0) is 23.2. The molecule has 32 heavy (non-hydrogen) atoms. The van der Waals surface area contributed by atoms with Crippen LogP contribution >= 0.6 is 0 Å². The van der Waals surface area contributed by atoms with E-state index in [0.717, 1.165) is 4.57 Å². The number of nitrogen functional groups attached to an aromatic ring is 1. The first-order chi connectivity index (χ1) is 15.2. The van der Waals surface area contributed by atoms with Crippen LogP contribution in [0.25, 0.3) is 22.3 Å². The lowest BCUT2D eigenvalue weighted by molar-refractivity contribution is -0.0511. The number of hydrogen-bond donors (Lipinski definition) is 5. The summed E-state index contributed by atoms with van der Waals surface area (Å²) in [6.45, 7) is -0.390. The SMILES string of the molecule is Cn1c(=O)[nH]c2ncn(C)c2c1=O.Nc1ncnc2c1ncn2[C@@H]1O[C@H](CO)[C@@H](O)[C@H]1O. The fourth-order valence-electron chi connectivity index (χ4n) is 3.38. The Labute approximate surface area is 178 Å². The van der Waals surface area contributed by atoms with E-state index in [4.69, 9.17) is 15.6 Å². The molecule has 6 N–H and O–H groups in total. The van der Waals surface area contributed by atoms with Crippen LogP contribution in [0.5, 0.6) is 0 Å². The zero-order valence-electron chi connectivity index (χ0n) is 17.0. The summed E-state index contributed by atoms with van der Waals surface area (Å²) >= 11 is 0. The summed E-state index contributed by atoms with van der Waals surface area (Å²) in [5.41, 5.74) is 6.40. The first-order valence-corrected chi connectivity index (χ1v) is 9.40. The second-order valence-corrected chi connectivity index (χ2v) is 7.16. The van der Waals surface area contributed by atoms with Crippen molar-refractivity contribution in [2.24, 2.45) is 14.1 Å². The van der Waals surface area contributed by atoms with Crippen molar-refractivity contribution >= 4 is 28.1 Å². The second kappa shape index (κ2) is 8.12. The minimum atomic E-state index is -1.19. The molecule has 4 aromatic heterocycles. The number of aliphatic hydroxyl groups excluding tert-OH is 3. The highest BCUT2D eigenvalue weighted by Crippen LogP contribution is 2.31. The normalized spacial score (nSPS) is 22.9. The fraction of sp³-hybridized carbons (Fsp3) is 0.412. The minimum Gasteiger partial charge on any atom is -0.394 e. The number of aliphatic hydroxyl groups is 3. The standard InChI is InChI=1S/C10H13N5O4.C7H8N4O2/c11-8-5-9(13-2-12-8)15(3-14-5)10-7(18)6(17)4(1-16)19-10;1-10-3-8-5-4(10)6(12)11(2)7(13)9-5/h2-4,6-7,10,16-18H,1H2,(H2,11,12,13);3H,1-2H3,(H,9,13)/t4-,6-,7-,10-;/m1./s1. The summed E-state index contributed by atoms with van der Waals surface area (Å²) in [6, 6.07) is 0. The van der Waals surface area contributed by atoms with Crippen molar-refractivity contribution in [3.8, 4) is 0 Å². The molecule has 5 rings (SSSR count). The molecule has 0 aliphatic carbocycles. The number of ether oxygens (including phenoxy) is 1. The van der Waals surface area contributed by atoms with Gasteiger partial charge in [-0.1, -0.05) is 0 Å². The smallest absolute Gasteiger partial charge is 0.329 e. The Bertz CT molecular complexity index is 1390. The molecule has 4 atom stereocenters. The number of aryl methyl sites for hydroxylation is 1. The number of nitrogens with one attached hydrogen (secondary N) is 1. The van der Waals surface area contributed by atoms with Crippen LogP contribution in [0.4, 0.5) is 5.82 Å². The number of fused-ring (bicyclic) bond motifs is 2. The Morgan fingerprint density at radius 2 is 1.88 bits per heavy atom. The maximum absolute atomic E-state index is 11.5. The Hall–Kier alpha value is -3.66. The average Bonchev–Trinajstić information content (AvgIpc) is 3.44. The Kier molecular flexibility index (Phi) is 5.47. The monoisotopic (exact) mass is 447 g/mol. The molecule has 0 spiro atoms. The third-order valence-corrected chi connectivity index (χ3v) is 5.15. The number of imidazole rings is 2. The van der Waals surface area contributed by atoms with Gasteiger partial charge in [0.25, 0.3) is 5.56 Å². The summed E-state index contributed by atoms with van der Waals surface area (Å²) in [5, 5.41) is 28.7. The second-order valence-electron chi connectivity index (χ2n) is 7.16. The Morgan fingerprint density at radius 3 is 2.56 bits per heavy atom. The van der Waals surface area contributed by atoms with Crippen molar-refractivity contribution in [3.63, 3.8) is 0 Å². The number of nitrogens with two attached hydrogens (primary N) is 1. The van der Waals surface area contributed by atoms with Crippen LogP contribution in [0.15, 0.2) is 28.6 Å². The van der Waals surface area contributed by atoms with E-state index in [1.54, 1.807) is 11.6 Å². The highest BCUT2D eigenvalue weighted by atomic mass is 16.6. The van der Waals surface area contributed by atoms with Gasteiger partial charge in [-0.2, -0.15) is 0 Å². The van der Waals surface area contributed by atoms with Crippen molar-refractivity contribution in [2.75, 3.05) is 12.3 Å². The molecular formula is C17H21N9O6. The molecule has 0 unspecified atom stereocenters. The quantitative estimate of drug-likeness (QED) is 0.208. The molecule has 15 heteroatoms. The molecule has 0 amide bonds. The Balaban J connectivity index is 0.000000165. The van der Waals surface area contributed by atoms with Crippen molar-refractivity contribution in [3.05, 3.63) is 39.8 Å². The molecule has 4 aromatic rings. The van der Waals surface area contributed by atoms with Gasteiger partial charge in [-0.05, 0) is 0 Å². The first kappa shape index (κ1) is 21.6. The molecule has 1 fully saturated rings. The molecule has 15 nitrogen and oxygen atoms in total. The molecular weight excluding hydrogens is 426 g/mol. The number of aromatic amines is 1. The van der Waals surface area contributed by atoms with E-state index >= 15 is 0 Å². The van der Waals surface area contributed by atoms with Crippen LogP contribution in [-0.2, 0) is 18.8 Å². The topological polar surface area (TPSA) is 212 Å². The average molecular weight is 447 g/mol. The predicted molar refractivity (Wildman–Crippen MR) is 109 cm³/mol. The summed E-state index contributed by atoms with van der Waals surface area (Å²) in [7, 11) is 3.13. The van der Waals surface area contributed by atoms with Gasteiger partial charge in [0.15, 0.2) is 28.9 Å². The summed E-state index contributed by atoms with van der Waals surface area (Å²) in [6.07, 6.45) is 0.0651. The van der Waals surface area contributed by atoms with Crippen LogP contribution in [0, 0.1) is 0 Å². The van der Waals surface area contributed by atoms with Crippen LogP contribution in [0.3, 0.4) is 0 Å². The molecule has 0 saturated carbocycles. The van der Waals surface area contributed by atoms with Gasteiger partial charge in [0.05, 0.1) is 19.3 Å². The Morgan fingerprint density at radius 1 is 1.12 bits per heavy atom. The predicted octanol–water partition coefficient (Wildman–Crippen LogP) is -3.02. The lowest BCUT2D eigenvalue weighted by atomic mass is 10.1. The molecule has 1 aliphatic rings. The van der Waals surface area contributed by atoms with Gasteiger partial charge in [-0.15, -0.1) is 0 Å². The number of H-pyrrole nitrogens is 1. The highest BCUT2D eigenvalue weighted by Gasteiger charge is 2.43. The van der Waals surface area contributed by atoms with E-state index in [9.17, 15) is 19.8 Å². The van der Waals surface area contributed by atoms with E-state index in [1.807, 2.05) is 0 Å². The fourth-order valence-corrected chi connectivity index (χ4v) is 3.38. The van der Waals surface area contributed by atoms with E-state index in [1.165, 1.54) is 30.6 Å². The molecule has 0 radical (unpaired) electrons. The van der Waals surface area contributed by atoms with Gasteiger partial charge >= 0.3 is 5.69 Å². The van der Waals surface area contributed by atoms with Crippen LogP contribution in [0.2, 0.25) is 0 Å². The molecule has 0 bridgehead atoms. The molecule has 1 saturated heterocycles. The third kappa shape index (κ3) is 3.42. The number of rotatable bonds is 2. The van der Waals surface area contributed by atoms with Crippen LogP contribution < -0.4 is 17.0 Å². The van der Waals surface area contributed by atoms with Crippen LogP contribution in [-0.4, -0.2) is 78.9 Å². The maximum atomic E-state index is 11.5. The lowest BCUT2D eigenvalue weighted by Gasteiger charge is -2.16. The summed E-state index contributed by atoms with van der Waals surface area (Å²) < 4.78 is 9.45. The van der Waals surface area contributed by atoms with Gasteiger partial charge in [0.1, 0.15) is 30.2 Å². The minimum absolute atomic E-state index is 0.218. The maximum Gasteiger partial charge on any atom is 0.329 e. The number of nitrogens with zero attached hydrogens (tertiary/aromatic N) is 7. The summed E-state index contributed by atoms with van der Waals surface area (Å²) in [4.78, 5) is 40.9. The van der Waals surface area contributed by atoms with E-state index < -0.39 is 36.8 Å². The van der Waals surface area contributed by atoms with Crippen molar-refractivity contribution < 1.29 is 20.1 Å². The van der Waals surface area contributed by atoms with Crippen molar-refractivity contribution in [2.45, 2.75) is 24.5 Å². The number of anilines is 1. The van der Waals surface area contributed by atoms with Gasteiger partial charge in [0.2, 0.25) is 0 Å². The first-order valence-electron chi connectivity index (χ1n) is 9.40. The molecule has 0 aromatic carbocycles. The molecule has 5 heterocycles. The van der Waals surface area contributed by atoms with E-state index in [2.05, 4.69) is 24.9 Å². The number of hydrogen-bond acceptors (Lipinski definition) is 11. The third-order valence-electron chi connectivity index (χ3n) is 5.15. The van der Waals surface area contributed by atoms with E-state index in [0.29, 0.717) is 22.3 Å². The van der Waals surface area contributed by atoms with Crippen LogP contribution in [0.1, 0.15) is 6.23 Å². The molecule has 170 valence electrons. The number of aromatic nitrogens is 8. The summed E-state index contributed by atoms with van der Waals surface area (Å²) in [5.74, 6) is 0.218. The largest absolute Gasteiger partial charge is 0.394 e. The van der Waals surface area contributed by atoms with E-state index in [-0.39, 0.29) is 11.4 Å². The van der Waals surface area contributed by atoms with Gasteiger partial charge in [-0.3, -0.25) is 18.9 Å². The van der Waals surface area contributed by atoms with Crippen molar-refractivity contribution in [1.29, 1.82) is 0 Å². The van der Waals surface area contributed by atoms with Gasteiger partial charge in [-0.25, -0.2) is 24.7 Å².